The van der Waals surface area contributed by atoms with E-state index in [1.807, 2.05) is 36.4 Å². The zero-order valence-corrected chi connectivity index (χ0v) is 15.7. The normalized spacial score (nSPS) is 13.8. The molecule has 0 aliphatic carbocycles. The summed E-state index contributed by atoms with van der Waals surface area (Å²) < 4.78 is 5.35. The average molecular weight is 383 g/mol. The van der Waals surface area contributed by atoms with Crippen LogP contribution < -0.4 is 5.73 Å². The molecule has 1 saturated heterocycles. The lowest BCUT2D eigenvalue weighted by Crippen LogP contribution is -2.54. The van der Waals surface area contributed by atoms with Crippen LogP contribution in [-0.4, -0.2) is 47.0 Å². The Morgan fingerprint density at radius 1 is 1.11 bits per heavy atom. The van der Waals surface area contributed by atoms with Crippen molar-refractivity contribution in [2.45, 2.75) is 25.5 Å². The van der Waals surface area contributed by atoms with Crippen LogP contribution in [0.3, 0.4) is 0 Å². The van der Waals surface area contributed by atoms with Gasteiger partial charge < -0.3 is 15.6 Å². The average Bonchev–Trinajstić information content (AvgIpc) is 2.60. The first-order chi connectivity index (χ1) is 13.4. The van der Waals surface area contributed by atoms with E-state index in [2.05, 4.69) is 29.2 Å². The maximum atomic E-state index is 11.6. The number of ether oxygens (including phenoxy) is 1. The number of carbonyl (C=O) groups is 2. The minimum absolute atomic E-state index is 0.133. The second kappa shape index (κ2) is 10.2. The molecular weight excluding hydrogens is 358 g/mol. The van der Waals surface area contributed by atoms with Gasteiger partial charge >= 0.3 is 5.97 Å². The highest BCUT2D eigenvalue weighted by Gasteiger charge is 2.36. The molecule has 1 fully saturated rings. The van der Waals surface area contributed by atoms with Gasteiger partial charge in [-0.25, -0.2) is 0 Å². The number of carboxylic acid groups (broad SMARTS) is 1. The summed E-state index contributed by atoms with van der Waals surface area (Å²) in [7, 11) is 0. The Kier molecular flexibility index (Phi) is 7.71. The molecule has 2 aromatic rings. The fourth-order valence-electron chi connectivity index (χ4n) is 3.02. The van der Waals surface area contributed by atoms with Crippen LogP contribution in [0.1, 0.15) is 30.5 Å². The van der Waals surface area contributed by atoms with E-state index < -0.39 is 11.9 Å². The summed E-state index contributed by atoms with van der Waals surface area (Å²) >= 11 is 0. The SMILES string of the molecule is CC(=O)O.N=C(N)CC(=O)OC1CN(C(c2ccccc2)c2ccccc2)C1. The van der Waals surface area contributed by atoms with Crippen molar-refractivity contribution in [3.8, 4) is 0 Å². The molecule has 0 atom stereocenters. The number of aliphatic carboxylic acids is 1. The Morgan fingerprint density at radius 2 is 1.54 bits per heavy atom. The fourth-order valence-corrected chi connectivity index (χ4v) is 3.02. The van der Waals surface area contributed by atoms with Gasteiger partial charge in [-0.1, -0.05) is 60.7 Å². The Balaban J connectivity index is 0.000000640. The van der Waals surface area contributed by atoms with Crippen LogP contribution in [0.15, 0.2) is 60.7 Å². The number of hydrogen-bond donors (Lipinski definition) is 3. The van der Waals surface area contributed by atoms with Crippen molar-refractivity contribution in [1.29, 1.82) is 5.41 Å². The highest BCUT2D eigenvalue weighted by atomic mass is 16.5. The van der Waals surface area contributed by atoms with Crippen molar-refractivity contribution in [2.75, 3.05) is 13.1 Å². The second-order valence-corrected chi connectivity index (χ2v) is 6.51. The fraction of sp³-hybridized carbons (Fsp3) is 0.286. The van der Waals surface area contributed by atoms with Crippen molar-refractivity contribution in [1.82, 2.24) is 4.90 Å². The number of carbonyl (C=O) groups excluding carboxylic acids is 1. The van der Waals surface area contributed by atoms with Gasteiger partial charge in [0, 0.05) is 20.0 Å². The summed E-state index contributed by atoms with van der Waals surface area (Å²) in [6, 6.07) is 20.8. The number of nitrogens with two attached hydrogens (primary N) is 1. The van der Waals surface area contributed by atoms with Crippen LogP contribution in [0.2, 0.25) is 0 Å². The largest absolute Gasteiger partial charge is 0.481 e. The smallest absolute Gasteiger partial charge is 0.313 e. The zero-order chi connectivity index (χ0) is 20.5. The molecule has 1 aliphatic rings. The number of rotatable bonds is 6. The molecule has 1 heterocycles. The molecule has 148 valence electrons. The standard InChI is InChI=1S/C19H21N3O2.C2H4O2/c20-17(21)11-18(23)24-16-12-22(13-16)19(14-7-3-1-4-8-14)15-9-5-2-6-10-15;1-2(3)4/h1-10,16,19H,11-13H2,(H3,20,21);1H3,(H,3,4). The minimum atomic E-state index is -0.833. The first-order valence-electron chi connectivity index (χ1n) is 8.92. The number of amidine groups is 1. The van der Waals surface area contributed by atoms with E-state index in [1.54, 1.807) is 0 Å². The van der Waals surface area contributed by atoms with Gasteiger partial charge in [0.05, 0.1) is 6.04 Å². The predicted octanol–water partition coefficient (Wildman–Crippen LogP) is 2.42. The van der Waals surface area contributed by atoms with E-state index >= 15 is 0 Å². The van der Waals surface area contributed by atoms with Crippen LogP contribution >= 0.6 is 0 Å². The van der Waals surface area contributed by atoms with Gasteiger partial charge in [-0.3, -0.25) is 19.9 Å². The first-order valence-corrected chi connectivity index (χ1v) is 8.92. The highest BCUT2D eigenvalue weighted by molar-refractivity contribution is 5.94. The van der Waals surface area contributed by atoms with Crippen LogP contribution in [0, 0.1) is 5.41 Å². The molecule has 0 radical (unpaired) electrons. The molecule has 0 bridgehead atoms. The van der Waals surface area contributed by atoms with E-state index in [1.165, 1.54) is 11.1 Å². The third-order valence-electron chi connectivity index (χ3n) is 4.10. The summed E-state index contributed by atoms with van der Waals surface area (Å²) in [6.45, 7) is 2.44. The van der Waals surface area contributed by atoms with Crippen molar-refractivity contribution in [2.24, 2.45) is 5.73 Å². The Bertz CT molecular complexity index is 746. The molecule has 3 rings (SSSR count). The number of esters is 1. The van der Waals surface area contributed by atoms with E-state index in [0.717, 1.165) is 6.92 Å². The molecule has 7 heteroatoms. The van der Waals surface area contributed by atoms with Gasteiger partial charge in [0.2, 0.25) is 0 Å². The van der Waals surface area contributed by atoms with Crippen molar-refractivity contribution < 1.29 is 19.4 Å². The van der Waals surface area contributed by atoms with Crippen LogP contribution in [0.5, 0.6) is 0 Å². The molecule has 4 N–H and O–H groups in total. The van der Waals surface area contributed by atoms with Crippen LogP contribution in [-0.2, 0) is 14.3 Å². The molecule has 0 unspecified atom stereocenters. The summed E-state index contributed by atoms with van der Waals surface area (Å²) in [5, 5.41) is 14.6. The third kappa shape index (κ3) is 6.51. The number of hydrogen-bond acceptors (Lipinski definition) is 5. The molecule has 1 aliphatic heterocycles. The van der Waals surface area contributed by atoms with Gasteiger partial charge in [-0.05, 0) is 11.1 Å². The lowest BCUT2D eigenvalue weighted by molar-refractivity contribution is -0.157. The third-order valence-corrected chi connectivity index (χ3v) is 4.10. The monoisotopic (exact) mass is 383 g/mol. The topological polar surface area (TPSA) is 117 Å². The summed E-state index contributed by atoms with van der Waals surface area (Å²) in [5.41, 5.74) is 7.67. The van der Waals surface area contributed by atoms with E-state index in [9.17, 15) is 4.79 Å². The summed E-state index contributed by atoms with van der Waals surface area (Å²) in [4.78, 5) is 22.9. The van der Waals surface area contributed by atoms with E-state index in [0.29, 0.717) is 13.1 Å². The molecule has 0 amide bonds. The summed E-state index contributed by atoms with van der Waals surface area (Å²) in [6.07, 6.45) is -0.274. The predicted molar refractivity (Wildman–Crippen MR) is 106 cm³/mol. The van der Waals surface area contributed by atoms with Crippen LogP contribution in [0.4, 0.5) is 0 Å². The van der Waals surface area contributed by atoms with Gasteiger partial charge in [0.25, 0.3) is 5.97 Å². The minimum Gasteiger partial charge on any atom is -0.481 e. The van der Waals surface area contributed by atoms with Gasteiger partial charge in [0.1, 0.15) is 18.4 Å². The number of nitrogens with zero attached hydrogens (tertiary/aromatic N) is 1. The van der Waals surface area contributed by atoms with E-state index in [-0.39, 0.29) is 24.4 Å². The van der Waals surface area contributed by atoms with Gasteiger partial charge in [-0.2, -0.15) is 0 Å². The second-order valence-electron chi connectivity index (χ2n) is 6.51. The molecule has 0 aromatic heterocycles. The lowest BCUT2D eigenvalue weighted by Gasteiger charge is -2.44. The van der Waals surface area contributed by atoms with Gasteiger partial charge in [-0.15, -0.1) is 0 Å². The molecule has 0 spiro atoms. The number of nitrogens with one attached hydrogen (secondary N) is 1. The van der Waals surface area contributed by atoms with E-state index in [4.69, 9.17) is 25.8 Å². The quantitative estimate of drug-likeness (QED) is 0.401. The maximum Gasteiger partial charge on any atom is 0.313 e. The molecule has 7 nitrogen and oxygen atoms in total. The summed E-state index contributed by atoms with van der Waals surface area (Å²) in [5.74, 6) is -1.43. The van der Waals surface area contributed by atoms with Gasteiger partial charge in [0.15, 0.2) is 0 Å². The molecule has 0 saturated carbocycles. The number of carboxylic acids is 1. The first kappa shape index (κ1) is 21.1. The number of likely N-dealkylation sites (tertiary alicyclic amines) is 1. The van der Waals surface area contributed by atoms with Crippen molar-refractivity contribution in [3.05, 3.63) is 71.8 Å². The highest BCUT2D eigenvalue weighted by Crippen LogP contribution is 2.32. The molecule has 2 aromatic carbocycles. The Labute approximate surface area is 164 Å². The molecule has 28 heavy (non-hydrogen) atoms. The maximum absolute atomic E-state index is 11.6. The van der Waals surface area contributed by atoms with Crippen molar-refractivity contribution in [3.63, 3.8) is 0 Å². The van der Waals surface area contributed by atoms with Crippen molar-refractivity contribution >= 4 is 17.8 Å². The molecular formula is C21H25N3O4. The number of benzene rings is 2. The Hall–Kier alpha value is -3.19. The Morgan fingerprint density at radius 3 is 1.93 bits per heavy atom. The zero-order valence-electron chi connectivity index (χ0n) is 15.7. The lowest BCUT2D eigenvalue weighted by atomic mass is 9.94. The van der Waals surface area contributed by atoms with Crippen LogP contribution in [0.25, 0.3) is 0 Å².